The van der Waals surface area contributed by atoms with Crippen LogP contribution in [0.15, 0.2) is 0 Å². The molecule has 0 heterocycles. The van der Waals surface area contributed by atoms with Gasteiger partial charge in [-0.25, -0.2) is 26.3 Å². The second kappa shape index (κ2) is 9.20. The first-order valence-corrected chi connectivity index (χ1v) is 7.58. The Morgan fingerprint density at radius 3 is 0.931 bits per heavy atom. The van der Waals surface area contributed by atoms with E-state index in [1.54, 1.807) is 0 Å². The molecule has 2 rings (SSSR count). The average molecular weight is 437 g/mol. The van der Waals surface area contributed by atoms with Crippen molar-refractivity contribution in [2.75, 3.05) is 26.3 Å². The summed E-state index contributed by atoms with van der Waals surface area (Å²) in [5.41, 5.74) is 0. The van der Waals surface area contributed by atoms with Gasteiger partial charge in [-0.1, -0.05) is 0 Å². The standard InChI is InChI=1S/C16H9F10NO2/c17-5-7(19)11(23)15(12(24)8(5)20)28-3-1-27-2-4-29-16-13(25)9(21)6(18)10(22)14(16)26/h27H,1-4H2. The highest BCUT2D eigenvalue weighted by molar-refractivity contribution is 5.30. The van der Waals surface area contributed by atoms with Crippen LogP contribution in [0.4, 0.5) is 43.9 Å². The van der Waals surface area contributed by atoms with Crippen LogP contribution in [0, 0.1) is 58.2 Å². The SMILES string of the molecule is Fc1c(F)c(F)c(OCCNCCOc2c(F)c(F)c(F)c(F)c2F)c(F)c1F. The van der Waals surface area contributed by atoms with E-state index in [9.17, 15) is 43.9 Å². The van der Waals surface area contributed by atoms with E-state index in [1.165, 1.54) is 0 Å². The number of ether oxygens (including phenoxy) is 2. The maximum Gasteiger partial charge on any atom is 0.206 e. The third-order valence-corrected chi connectivity index (χ3v) is 3.39. The zero-order chi connectivity index (χ0) is 21.9. The largest absolute Gasteiger partial charge is 0.486 e. The summed E-state index contributed by atoms with van der Waals surface area (Å²) >= 11 is 0. The Morgan fingerprint density at radius 2 is 0.655 bits per heavy atom. The summed E-state index contributed by atoms with van der Waals surface area (Å²) in [5, 5.41) is 2.42. The fraction of sp³-hybridized carbons (Fsp3) is 0.250. The van der Waals surface area contributed by atoms with E-state index in [4.69, 9.17) is 0 Å². The maximum absolute atomic E-state index is 13.3. The summed E-state index contributed by atoms with van der Waals surface area (Å²) < 4.78 is 140. The highest BCUT2D eigenvalue weighted by Crippen LogP contribution is 2.30. The number of hydrogen-bond acceptors (Lipinski definition) is 3. The molecular formula is C16H9F10NO2. The Bertz CT molecular complexity index is 790. The fourth-order valence-corrected chi connectivity index (χ4v) is 2.00. The van der Waals surface area contributed by atoms with Crippen LogP contribution in [0.3, 0.4) is 0 Å². The minimum absolute atomic E-state index is 0.264. The molecule has 0 atom stereocenters. The molecule has 2 aromatic carbocycles. The summed E-state index contributed by atoms with van der Waals surface area (Å²) in [4.78, 5) is 0. The smallest absolute Gasteiger partial charge is 0.206 e. The molecule has 0 aliphatic heterocycles. The molecule has 0 radical (unpaired) electrons. The molecule has 0 saturated heterocycles. The predicted molar refractivity (Wildman–Crippen MR) is 76.3 cm³/mol. The summed E-state index contributed by atoms with van der Waals surface area (Å²) in [6.45, 7) is -1.72. The topological polar surface area (TPSA) is 30.5 Å². The number of halogens is 10. The van der Waals surface area contributed by atoms with E-state index in [-0.39, 0.29) is 13.1 Å². The van der Waals surface area contributed by atoms with Gasteiger partial charge in [-0.2, -0.15) is 17.6 Å². The summed E-state index contributed by atoms with van der Waals surface area (Å²) in [7, 11) is 0. The second-order valence-electron chi connectivity index (χ2n) is 5.24. The van der Waals surface area contributed by atoms with Gasteiger partial charge in [0.25, 0.3) is 0 Å². The monoisotopic (exact) mass is 437 g/mol. The highest BCUT2D eigenvalue weighted by Gasteiger charge is 2.28. The van der Waals surface area contributed by atoms with Crippen molar-refractivity contribution in [1.29, 1.82) is 0 Å². The molecule has 0 unspecified atom stereocenters. The molecule has 0 fully saturated rings. The van der Waals surface area contributed by atoms with Gasteiger partial charge in [-0.05, 0) is 0 Å². The van der Waals surface area contributed by atoms with Gasteiger partial charge in [-0.3, -0.25) is 0 Å². The molecule has 0 aromatic heterocycles. The van der Waals surface area contributed by atoms with Crippen LogP contribution in [0.25, 0.3) is 0 Å². The molecule has 0 saturated carbocycles. The third kappa shape index (κ3) is 4.49. The van der Waals surface area contributed by atoms with Crippen LogP contribution in [-0.4, -0.2) is 26.3 Å². The van der Waals surface area contributed by atoms with Crippen LogP contribution in [-0.2, 0) is 0 Å². The molecule has 0 amide bonds. The lowest BCUT2D eigenvalue weighted by molar-refractivity contribution is 0.245. The number of hydrogen-bond donors (Lipinski definition) is 1. The minimum atomic E-state index is -2.35. The third-order valence-electron chi connectivity index (χ3n) is 3.39. The zero-order valence-electron chi connectivity index (χ0n) is 13.9. The van der Waals surface area contributed by atoms with Crippen LogP contribution < -0.4 is 14.8 Å². The van der Waals surface area contributed by atoms with Crippen molar-refractivity contribution in [3.05, 3.63) is 58.2 Å². The first kappa shape index (κ1) is 22.6. The van der Waals surface area contributed by atoms with Gasteiger partial charge in [0.05, 0.1) is 0 Å². The van der Waals surface area contributed by atoms with Gasteiger partial charge in [0, 0.05) is 13.1 Å². The summed E-state index contributed by atoms with van der Waals surface area (Å²) in [6, 6.07) is 0. The van der Waals surface area contributed by atoms with Crippen LogP contribution in [0.2, 0.25) is 0 Å². The van der Waals surface area contributed by atoms with E-state index >= 15 is 0 Å². The molecule has 0 spiro atoms. The van der Waals surface area contributed by atoms with Crippen molar-refractivity contribution >= 4 is 0 Å². The molecule has 29 heavy (non-hydrogen) atoms. The molecule has 0 bridgehead atoms. The quantitative estimate of drug-likeness (QED) is 0.292. The molecule has 1 N–H and O–H groups in total. The van der Waals surface area contributed by atoms with Crippen molar-refractivity contribution in [2.45, 2.75) is 0 Å². The second-order valence-corrected chi connectivity index (χ2v) is 5.24. The van der Waals surface area contributed by atoms with E-state index in [2.05, 4.69) is 14.8 Å². The Hall–Kier alpha value is -2.70. The van der Waals surface area contributed by atoms with Crippen LogP contribution >= 0.6 is 0 Å². The number of rotatable bonds is 8. The number of nitrogens with one attached hydrogen (secondary N) is 1. The van der Waals surface area contributed by atoms with Gasteiger partial charge >= 0.3 is 0 Å². The lowest BCUT2D eigenvalue weighted by Gasteiger charge is -2.12. The van der Waals surface area contributed by atoms with Crippen molar-refractivity contribution in [3.8, 4) is 11.5 Å². The van der Waals surface area contributed by atoms with E-state index in [0.717, 1.165) is 0 Å². The normalized spacial score (nSPS) is 11.1. The predicted octanol–water partition coefficient (Wildman–Crippen LogP) is 4.13. The first-order valence-electron chi connectivity index (χ1n) is 7.58. The molecule has 2 aromatic rings. The first-order chi connectivity index (χ1) is 13.6. The van der Waals surface area contributed by atoms with Crippen molar-refractivity contribution < 1.29 is 53.4 Å². The Kier molecular flexibility index (Phi) is 7.16. The van der Waals surface area contributed by atoms with E-state index < -0.39 is 82.9 Å². The Balaban J connectivity index is 1.84. The van der Waals surface area contributed by atoms with Gasteiger partial charge in [-0.15, -0.1) is 0 Å². The lowest BCUT2D eigenvalue weighted by Crippen LogP contribution is -2.26. The van der Waals surface area contributed by atoms with Gasteiger partial charge in [0.2, 0.25) is 58.2 Å². The summed E-state index contributed by atoms with van der Waals surface area (Å²) in [6.07, 6.45) is 0. The zero-order valence-corrected chi connectivity index (χ0v) is 13.9. The average Bonchev–Trinajstić information content (AvgIpc) is 2.71. The highest BCUT2D eigenvalue weighted by atomic mass is 19.2. The molecule has 3 nitrogen and oxygen atoms in total. The molecule has 0 aliphatic rings. The lowest BCUT2D eigenvalue weighted by atomic mass is 10.2. The van der Waals surface area contributed by atoms with Crippen molar-refractivity contribution in [2.24, 2.45) is 0 Å². The van der Waals surface area contributed by atoms with Gasteiger partial charge in [0.1, 0.15) is 13.2 Å². The van der Waals surface area contributed by atoms with Gasteiger partial charge < -0.3 is 14.8 Å². The van der Waals surface area contributed by atoms with Crippen LogP contribution in [0.5, 0.6) is 11.5 Å². The van der Waals surface area contributed by atoms with E-state index in [0.29, 0.717) is 0 Å². The van der Waals surface area contributed by atoms with Gasteiger partial charge in [0.15, 0.2) is 11.5 Å². The minimum Gasteiger partial charge on any atom is -0.486 e. The van der Waals surface area contributed by atoms with E-state index in [1.807, 2.05) is 0 Å². The summed E-state index contributed by atoms with van der Waals surface area (Å²) in [5.74, 6) is -25.1. The Morgan fingerprint density at radius 1 is 0.414 bits per heavy atom. The molecular weight excluding hydrogens is 428 g/mol. The molecule has 13 heteroatoms. The fourth-order valence-electron chi connectivity index (χ4n) is 2.00. The molecule has 160 valence electrons. The maximum atomic E-state index is 13.3. The van der Waals surface area contributed by atoms with Crippen LogP contribution in [0.1, 0.15) is 0 Å². The molecule has 0 aliphatic carbocycles. The van der Waals surface area contributed by atoms with Crippen molar-refractivity contribution in [3.63, 3.8) is 0 Å². The Labute approximate surface area is 155 Å². The van der Waals surface area contributed by atoms with Crippen molar-refractivity contribution in [1.82, 2.24) is 5.32 Å². The number of benzene rings is 2.